The molecule has 1 saturated heterocycles. The largest absolute Gasteiger partial charge is 0.478 e. The van der Waals surface area contributed by atoms with E-state index in [4.69, 9.17) is 9.47 Å². The van der Waals surface area contributed by atoms with Crippen molar-refractivity contribution < 1.29 is 24.8 Å². The first kappa shape index (κ1) is 17.6. The number of benzene rings is 1. The molecule has 134 valence electrons. The third-order valence-electron chi connectivity index (χ3n) is 4.25. The van der Waals surface area contributed by atoms with Gasteiger partial charge in [0.2, 0.25) is 5.88 Å². The van der Waals surface area contributed by atoms with E-state index in [9.17, 15) is 20.1 Å². The number of ether oxygens (including phenoxy) is 2. The van der Waals surface area contributed by atoms with Gasteiger partial charge in [-0.25, -0.2) is 4.79 Å². The molecule has 0 aliphatic carbocycles. The summed E-state index contributed by atoms with van der Waals surface area (Å²) < 4.78 is 11.9. The van der Waals surface area contributed by atoms with Gasteiger partial charge in [-0.15, -0.1) is 0 Å². The van der Waals surface area contributed by atoms with E-state index in [1.165, 1.54) is 12.3 Å². The summed E-state index contributed by atoms with van der Waals surface area (Å²) in [6, 6.07) is 9.86. The predicted octanol–water partition coefficient (Wildman–Crippen LogP) is -0.220. The Hall–Kier alpha value is -2.26. The highest BCUT2D eigenvalue weighted by atomic mass is 16.6. The molecule has 0 saturated carbocycles. The molecule has 1 aromatic carbocycles. The molecular weight excluding hydrogens is 328 g/mol. The van der Waals surface area contributed by atoms with Crippen LogP contribution in [0.5, 0.6) is 5.88 Å². The zero-order valence-corrected chi connectivity index (χ0v) is 13.6. The molecule has 2 aromatic rings. The van der Waals surface area contributed by atoms with Crippen molar-refractivity contribution in [3.63, 3.8) is 0 Å². The number of rotatable bonds is 5. The Morgan fingerprint density at radius 2 is 2.04 bits per heavy atom. The Balaban J connectivity index is 2.08. The van der Waals surface area contributed by atoms with Gasteiger partial charge in [0.15, 0.2) is 11.8 Å². The molecule has 8 nitrogen and oxygen atoms in total. The number of hydrogen-bond acceptors (Lipinski definition) is 7. The maximum Gasteiger partial charge on any atom is 0.353 e. The van der Waals surface area contributed by atoms with E-state index in [1.807, 2.05) is 0 Å². The fourth-order valence-corrected chi connectivity index (χ4v) is 3.02. The molecule has 0 unspecified atom stereocenters. The summed E-state index contributed by atoms with van der Waals surface area (Å²) in [5, 5.41) is 31.2. The highest BCUT2D eigenvalue weighted by molar-refractivity contribution is 5.27. The quantitative estimate of drug-likeness (QED) is 0.684. The Bertz CT molecular complexity index is 780. The van der Waals surface area contributed by atoms with Crippen LogP contribution in [0.4, 0.5) is 0 Å². The lowest BCUT2D eigenvalue weighted by Gasteiger charge is -2.32. The van der Waals surface area contributed by atoms with Gasteiger partial charge < -0.3 is 24.8 Å². The molecule has 2 heterocycles. The second-order valence-electron chi connectivity index (χ2n) is 5.73. The minimum atomic E-state index is -1.92. The number of aliphatic hydroxyl groups excluding tert-OH is 2. The fraction of sp³-hybridized carbons (Fsp3) is 0.412. The van der Waals surface area contributed by atoms with Crippen molar-refractivity contribution >= 4 is 0 Å². The van der Waals surface area contributed by atoms with Crippen LogP contribution < -0.4 is 10.4 Å². The highest BCUT2D eigenvalue weighted by Gasteiger charge is 2.57. The van der Waals surface area contributed by atoms with Crippen LogP contribution in [0.25, 0.3) is 0 Å². The Kier molecular flexibility index (Phi) is 4.87. The first-order valence-electron chi connectivity index (χ1n) is 7.96. The molecule has 25 heavy (non-hydrogen) atoms. The van der Waals surface area contributed by atoms with E-state index in [0.717, 1.165) is 4.57 Å². The predicted molar refractivity (Wildman–Crippen MR) is 87.0 cm³/mol. The monoisotopic (exact) mass is 348 g/mol. The Morgan fingerprint density at radius 1 is 1.32 bits per heavy atom. The number of nitrogens with zero attached hydrogens (tertiary/aromatic N) is 2. The maximum atomic E-state index is 12.4. The molecule has 3 rings (SSSR count). The zero-order chi connectivity index (χ0) is 18.0. The molecule has 0 radical (unpaired) electrons. The summed E-state index contributed by atoms with van der Waals surface area (Å²) in [6.07, 6.45) is -2.35. The van der Waals surface area contributed by atoms with Gasteiger partial charge in [0, 0.05) is 12.3 Å². The molecule has 1 aliphatic rings. The van der Waals surface area contributed by atoms with Crippen molar-refractivity contribution in [2.75, 3.05) is 13.2 Å². The summed E-state index contributed by atoms with van der Waals surface area (Å²) in [6.45, 7) is 1.62. The van der Waals surface area contributed by atoms with Crippen molar-refractivity contribution in [1.82, 2.24) is 9.55 Å². The average molecular weight is 348 g/mol. The van der Waals surface area contributed by atoms with Crippen LogP contribution in [0.2, 0.25) is 0 Å². The first-order valence-corrected chi connectivity index (χ1v) is 7.96. The van der Waals surface area contributed by atoms with Gasteiger partial charge in [-0.2, -0.15) is 4.98 Å². The van der Waals surface area contributed by atoms with Crippen molar-refractivity contribution in [1.29, 1.82) is 0 Å². The van der Waals surface area contributed by atoms with Gasteiger partial charge in [-0.3, -0.25) is 4.57 Å². The van der Waals surface area contributed by atoms with Crippen LogP contribution in [0.1, 0.15) is 18.7 Å². The SMILES string of the molecule is CCOc1ccn([C@@H]2O[C@H](CO)[C@@H](O)[C@@]2(O)c2ccccc2)c(=O)n1. The molecule has 1 aliphatic heterocycles. The average Bonchev–Trinajstić information content (AvgIpc) is 2.88. The fourth-order valence-electron chi connectivity index (χ4n) is 3.02. The summed E-state index contributed by atoms with van der Waals surface area (Å²) >= 11 is 0. The second kappa shape index (κ2) is 6.93. The summed E-state index contributed by atoms with van der Waals surface area (Å²) in [4.78, 5) is 16.2. The van der Waals surface area contributed by atoms with Crippen LogP contribution in [0.3, 0.4) is 0 Å². The van der Waals surface area contributed by atoms with Gasteiger partial charge in [-0.05, 0) is 12.5 Å². The van der Waals surface area contributed by atoms with Gasteiger partial charge in [0.25, 0.3) is 0 Å². The molecule has 0 spiro atoms. The van der Waals surface area contributed by atoms with Crippen molar-refractivity contribution in [2.24, 2.45) is 0 Å². The van der Waals surface area contributed by atoms with Crippen molar-refractivity contribution in [3.8, 4) is 5.88 Å². The van der Waals surface area contributed by atoms with Crippen molar-refractivity contribution in [2.45, 2.75) is 31.0 Å². The summed E-state index contributed by atoms with van der Waals surface area (Å²) in [5.41, 5.74) is -2.26. The Labute approximate surface area is 143 Å². The zero-order valence-electron chi connectivity index (χ0n) is 13.6. The topological polar surface area (TPSA) is 114 Å². The summed E-state index contributed by atoms with van der Waals surface area (Å²) in [7, 11) is 0. The summed E-state index contributed by atoms with van der Waals surface area (Å²) in [5.74, 6) is 0.157. The molecule has 1 aromatic heterocycles. The maximum absolute atomic E-state index is 12.4. The molecule has 4 atom stereocenters. The van der Waals surface area contributed by atoms with Crippen LogP contribution in [0.15, 0.2) is 47.4 Å². The molecule has 0 bridgehead atoms. The molecule has 0 amide bonds. The first-order chi connectivity index (χ1) is 12.0. The van der Waals surface area contributed by atoms with Gasteiger partial charge >= 0.3 is 5.69 Å². The minimum absolute atomic E-state index is 0.157. The van der Waals surface area contributed by atoms with Gasteiger partial charge in [0.05, 0.1) is 13.2 Å². The van der Waals surface area contributed by atoms with Gasteiger partial charge in [0.1, 0.15) is 12.2 Å². The molecule has 1 fully saturated rings. The van der Waals surface area contributed by atoms with Crippen LogP contribution in [-0.2, 0) is 10.3 Å². The third kappa shape index (κ3) is 2.93. The van der Waals surface area contributed by atoms with E-state index in [2.05, 4.69) is 4.98 Å². The Morgan fingerprint density at radius 3 is 2.64 bits per heavy atom. The molecule has 3 N–H and O–H groups in total. The number of aliphatic hydroxyl groups is 3. The standard InChI is InChI=1S/C17H20N2O6/c1-2-24-13-8-9-19(16(22)18-13)15-17(23,11-6-4-3-5-7-11)14(21)12(10-20)25-15/h3-9,12,14-15,20-21,23H,2,10H2,1H3/t12-,14-,15-,17+/m1/s1. The lowest BCUT2D eigenvalue weighted by atomic mass is 9.86. The van der Waals surface area contributed by atoms with E-state index < -0.39 is 36.3 Å². The normalized spacial score (nSPS) is 28.9. The number of aromatic nitrogens is 2. The van der Waals surface area contributed by atoms with Crippen LogP contribution in [-0.4, -0.2) is 50.3 Å². The highest BCUT2D eigenvalue weighted by Crippen LogP contribution is 2.45. The van der Waals surface area contributed by atoms with Gasteiger partial charge in [-0.1, -0.05) is 30.3 Å². The third-order valence-corrected chi connectivity index (χ3v) is 4.25. The second-order valence-corrected chi connectivity index (χ2v) is 5.73. The molecule has 8 heteroatoms. The van der Waals surface area contributed by atoms with E-state index >= 15 is 0 Å². The minimum Gasteiger partial charge on any atom is -0.478 e. The number of hydrogen-bond donors (Lipinski definition) is 3. The lowest BCUT2D eigenvalue weighted by Crippen LogP contribution is -2.46. The van der Waals surface area contributed by atoms with Crippen LogP contribution >= 0.6 is 0 Å². The smallest absolute Gasteiger partial charge is 0.353 e. The van der Waals surface area contributed by atoms with E-state index in [1.54, 1.807) is 37.3 Å². The van der Waals surface area contributed by atoms with Crippen LogP contribution in [0, 0.1) is 0 Å². The van der Waals surface area contributed by atoms with E-state index in [-0.39, 0.29) is 5.88 Å². The van der Waals surface area contributed by atoms with E-state index in [0.29, 0.717) is 12.2 Å². The van der Waals surface area contributed by atoms with Crippen molar-refractivity contribution in [3.05, 3.63) is 58.6 Å². The lowest BCUT2D eigenvalue weighted by molar-refractivity contribution is -0.117. The molecular formula is C17H20N2O6.